The van der Waals surface area contributed by atoms with Crippen LogP contribution in [0.5, 0.6) is 5.75 Å². The molecule has 0 aliphatic carbocycles. The fourth-order valence-electron chi connectivity index (χ4n) is 3.59. The molecule has 0 radical (unpaired) electrons. The number of benzene rings is 2. The number of hydrogen-bond donors (Lipinski definition) is 1. The first-order chi connectivity index (χ1) is 13.0. The Morgan fingerprint density at radius 2 is 1.81 bits per heavy atom. The van der Waals surface area contributed by atoms with Gasteiger partial charge in [0.05, 0.1) is 5.71 Å². The van der Waals surface area contributed by atoms with Gasteiger partial charge < -0.3 is 5.11 Å². The van der Waals surface area contributed by atoms with Gasteiger partial charge in [-0.3, -0.25) is 4.99 Å². The second-order valence-electron chi connectivity index (χ2n) is 6.89. The van der Waals surface area contributed by atoms with Crippen LogP contribution < -0.4 is 0 Å². The van der Waals surface area contributed by atoms with Crippen LogP contribution in [0.1, 0.15) is 44.2 Å². The van der Waals surface area contributed by atoms with Crippen molar-refractivity contribution in [3.63, 3.8) is 0 Å². The standard InChI is InChI=1S/C23H24FNOS/c1-3-8-17-15(2)25-21(18-11-7-12-20(24)22(18)26)19(23(17)27)14-13-16-9-5-4-6-10-16/h4-7,9-12,19,26H,3,8,13-14H2,1-2H3. The highest BCUT2D eigenvalue weighted by Crippen LogP contribution is 2.34. The number of thiocarbonyl (C=S) groups is 1. The molecule has 1 N–H and O–H groups in total. The molecule has 27 heavy (non-hydrogen) atoms. The monoisotopic (exact) mass is 381 g/mol. The Morgan fingerprint density at radius 3 is 2.52 bits per heavy atom. The lowest BCUT2D eigenvalue weighted by Crippen LogP contribution is -2.30. The predicted molar refractivity (Wildman–Crippen MR) is 113 cm³/mol. The summed E-state index contributed by atoms with van der Waals surface area (Å²) in [6.45, 7) is 4.07. The summed E-state index contributed by atoms with van der Waals surface area (Å²) in [5.41, 5.74) is 4.32. The molecule has 0 bridgehead atoms. The third-order valence-electron chi connectivity index (χ3n) is 5.00. The van der Waals surface area contributed by atoms with E-state index in [-0.39, 0.29) is 11.7 Å². The molecule has 0 spiro atoms. The summed E-state index contributed by atoms with van der Waals surface area (Å²) >= 11 is 5.85. The van der Waals surface area contributed by atoms with E-state index in [9.17, 15) is 9.50 Å². The molecular formula is C23H24FNOS. The minimum atomic E-state index is -0.635. The fraction of sp³-hybridized carbons (Fsp3) is 0.304. The Kier molecular flexibility index (Phi) is 6.17. The minimum absolute atomic E-state index is 0.113. The molecule has 1 atom stereocenters. The van der Waals surface area contributed by atoms with Crippen LogP contribution in [0.2, 0.25) is 0 Å². The Labute approximate surface area is 165 Å². The smallest absolute Gasteiger partial charge is 0.165 e. The maximum Gasteiger partial charge on any atom is 0.165 e. The molecule has 0 amide bonds. The van der Waals surface area contributed by atoms with Gasteiger partial charge in [-0.2, -0.15) is 0 Å². The molecule has 1 aliphatic rings. The molecule has 2 aromatic carbocycles. The van der Waals surface area contributed by atoms with E-state index >= 15 is 0 Å². The van der Waals surface area contributed by atoms with Crippen molar-refractivity contribution in [3.8, 4) is 5.75 Å². The van der Waals surface area contributed by atoms with Crippen LogP contribution in [-0.4, -0.2) is 15.7 Å². The molecule has 1 unspecified atom stereocenters. The van der Waals surface area contributed by atoms with Gasteiger partial charge in [0.15, 0.2) is 11.6 Å². The molecule has 2 nitrogen and oxygen atoms in total. The molecule has 0 fully saturated rings. The molecule has 0 saturated heterocycles. The van der Waals surface area contributed by atoms with Crippen LogP contribution >= 0.6 is 12.2 Å². The van der Waals surface area contributed by atoms with Gasteiger partial charge in [-0.1, -0.05) is 62.0 Å². The van der Waals surface area contributed by atoms with E-state index in [2.05, 4.69) is 19.1 Å². The van der Waals surface area contributed by atoms with Crippen LogP contribution in [0.25, 0.3) is 0 Å². The first-order valence-corrected chi connectivity index (χ1v) is 9.78. The van der Waals surface area contributed by atoms with Crippen LogP contribution in [0.15, 0.2) is 64.8 Å². The third-order valence-corrected chi connectivity index (χ3v) is 5.53. The van der Waals surface area contributed by atoms with Crippen molar-refractivity contribution in [2.24, 2.45) is 10.9 Å². The summed E-state index contributed by atoms with van der Waals surface area (Å²) in [6, 6.07) is 14.8. The van der Waals surface area contributed by atoms with Gasteiger partial charge in [0.2, 0.25) is 0 Å². The van der Waals surface area contributed by atoms with E-state index in [1.54, 1.807) is 12.1 Å². The number of allylic oxidation sites excluding steroid dienone is 2. The second-order valence-corrected chi connectivity index (χ2v) is 7.33. The number of para-hydroxylation sites is 1. The Bertz CT molecular complexity index is 902. The van der Waals surface area contributed by atoms with Crippen LogP contribution in [0, 0.1) is 11.7 Å². The summed E-state index contributed by atoms with van der Waals surface area (Å²) in [4.78, 5) is 5.65. The largest absolute Gasteiger partial charge is 0.504 e. The summed E-state index contributed by atoms with van der Waals surface area (Å²) in [5.74, 6) is -1.10. The summed E-state index contributed by atoms with van der Waals surface area (Å²) in [7, 11) is 0. The lowest BCUT2D eigenvalue weighted by atomic mass is 9.81. The molecule has 1 aliphatic heterocycles. The zero-order chi connectivity index (χ0) is 19.4. The molecular weight excluding hydrogens is 357 g/mol. The molecule has 2 aromatic rings. The van der Waals surface area contributed by atoms with Crippen LogP contribution in [-0.2, 0) is 6.42 Å². The zero-order valence-electron chi connectivity index (χ0n) is 15.7. The van der Waals surface area contributed by atoms with Gasteiger partial charge in [0.25, 0.3) is 0 Å². The number of aliphatic imine (C=N–C) groups is 1. The van der Waals surface area contributed by atoms with Crippen molar-refractivity contribution in [2.45, 2.75) is 39.5 Å². The fourth-order valence-corrected chi connectivity index (χ4v) is 4.07. The number of phenolic OH excluding ortho intramolecular Hbond substituents is 1. The van der Waals surface area contributed by atoms with E-state index in [4.69, 9.17) is 17.2 Å². The number of rotatable bonds is 6. The number of hydrogen-bond acceptors (Lipinski definition) is 3. The zero-order valence-corrected chi connectivity index (χ0v) is 16.5. The lowest BCUT2D eigenvalue weighted by Gasteiger charge is -2.28. The van der Waals surface area contributed by atoms with Crippen molar-refractivity contribution in [3.05, 3.63) is 76.7 Å². The number of nitrogens with zero attached hydrogens (tertiary/aromatic N) is 1. The van der Waals surface area contributed by atoms with E-state index in [1.165, 1.54) is 11.6 Å². The topological polar surface area (TPSA) is 32.6 Å². The molecule has 0 saturated carbocycles. The summed E-state index contributed by atoms with van der Waals surface area (Å²) in [5, 5.41) is 10.3. The van der Waals surface area contributed by atoms with Crippen molar-refractivity contribution < 1.29 is 9.50 Å². The van der Waals surface area contributed by atoms with E-state index < -0.39 is 5.82 Å². The highest BCUT2D eigenvalue weighted by Gasteiger charge is 2.31. The van der Waals surface area contributed by atoms with E-state index in [0.29, 0.717) is 11.3 Å². The number of halogens is 1. The first kappa shape index (κ1) is 19.4. The molecule has 140 valence electrons. The third kappa shape index (κ3) is 4.16. The van der Waals surface area contributed by atoms with Gasteiger partial charge in [-0.25, -0.2) is 4.39 Å². The Balaban J connectivity index is 2.00. The van der Waals surface area contributed by atoms with E-state index in [1.807, 2.05) is 25.1 Å². The maximum atomic E-state index is 14.0. The highest BCUT2D eigenvalue weighted by molar-refractivity contribution is 7.81. The maximum absolute atomic E-state index is 14.0. The Morgan fingerprint density at radius 1 is 1.07 bits per heavy atom. The number of aromatic hydroxyl groups is 1. The van der Waals surface area contributed by atoms with Crippen molar-refractivity contribution in [1.82, 2.24) is 0 Å². The number of phenols is 1. The quantitative estimate of drug-likeness (QED) is 0.620. The van der Waals surface area contributed by atoms with E-state index in [0.717, 1.165) is 41.8 Å². The van der Waals surface area contributed by atoms with Crippen molar-refractivity contribution in [2.75, 3.05) is 0 Å². The number of aryl methyl sites for hydroxylation is 1. The van der Waals surface area contributed by atoms with Crippen molar-refractivity contribution in [1.29, 1.82) is 0 Å². The van der Waals surface area contributed by atoms with Gasteiger partial charge in [0, 0.05) is 22.0 Å². The highest BCUT2D eigenvalue weighted by atomic mass is 32.1. The first-order valence-electron chi connectivity index (χ1n) is 9.37. The van der Waals surface area contributed by atoms with Gasteiger partial charge in [-0.15, -0.1) is 0 Å². The SMILES string of the molecule is CCCC1=C(C)N=C(c2cccc(F)c2O)C(CCc2ccccc2)C1=S. The lowest BCUT2D eigenvalue weighted by molar-refractivity contribution is 0.431. The average molecular weight is 382 g/mol. The average Bonchev–Trinajstić information content (AvgIpc) is 2.67. The second kappa shape index (κ2) is 8.57. The normalized spacial score (nSPS) is 17.2. The minimum Gasteiger partial charge on any atom is -0.504 e. The van der Waals surface area contributed by atoms with Crippen LogP contribution in [0.4, 0.5) is 4.39 Å². The summed E-state index contributed by atoms with van der Waals surface area (Å²) in [6.07, 6.45) is 3.50. The molecule has 0 aromatic heterocycles. The van der Waals surface area contributed by atoms with Gasteiger partial charge in [0.1, 0.15) is 0 Å². The molecule has 3 rings (SSSR count). The van der Waals surface area contributed by atoms with Gasteiger partial charge >= 0.3 is 0 Å². The van der Waals surface area contributed by atoms with Crippen LogP contribution in [0.3, 0.4) is 0 Å². The molecule has 4 heteroatoms. The Hall–Kier alpha value is -2.33. The van der Waals surface area contributed by atoms with Crippen molar-refractivity contribution >= 4 is 22.8 Å². The predicted octanol–water partition coefficient (Wildman–Crippen LogP) is 6.03. The van der Waals surface area contributed by atoms with Gasteiger partial charge in [-0.05, 0) is 49.5 Å². The summed E-state index contributed by atoms with van der Waals surface area (Å²) < 4.78 is 14.0. The molecule has 1 heterocycles.